The number of H-pyrrole nitrogens is 1. The summed E-state index contributed by atoms with van der Waals surface area (Å²) in [6, 6.07) is 13.2. The maximum atomic E-state index is 14.6. The molecule has 0 spiro atoms. The molecule has 1 aliphatic rings. The number of nitriles is 1. The number of aromatic amines is 1. The molecule has 0 saturated carbocycles. The second-order valence-corrected chi connectivity index (χ2v) is 8.24. The van der Waals surface area contributed by atoms with E-state index in [0.29, 0.717) is 48.7 Å². The summed E-state index contributed by atoms with van der Waals surface area (Å²) in [6.45, 7) is 2.74. The number of hydrogen-bond acceptors (Lipinski definition) is 5. The van der Waals surface area contributed by atoms with Gasteiger partial charge in [0.25, 0.3) is 5.91 Å². The van der Waals surface area contributed by atoms with E-state index < -0.39 is 5.54 Å². The first-order valence-corrected chi connectivity index (χ1v) is 10.7. The van der Waals surface area contributed by atoms with E-state index in [0.717, 1.165) is 0 Å². The number of halogens is 2. The number of nitrogens with one attached hydrogen (secondary N) is 3. The number of amides is 1. The Labute approximate surface area is 190 Å². The number of rotatable bonds is 6. The lowest BCUT2D eigenvalue weighted by Gasteiger charge is -2.42. The van der Waals surface area contributed by atoms with Crippen LogP contribution in [0.15, 0.2) is 48.7 Å². The van der Waals surface area contributed by atoms with Crippen LogP contribution in [0.4, 0.5) is 26.0 Å². The Kier molecular flexibility index (Phi) is 6.27. The van der Waals surface area contributed by atoms with Crippen LogP contribution in [-0.4, -0.2) is 34.7 Å². The predicted molar refractivity (Wildman–Crippen MR) is 121 cm³/mol. The molecule has 0 atom stereocenters. The van der Waals surface area contributed by atoms with E-state index in [1.165, 1.54) is 18.3 Å². The predicted octanol–water partition coefficient (Wildman–Crippen LogP) is 4.42. The molecule has 3 aromatic rings. The molecule has 4 rings (SSSR count). The summed E-state index contributed by atoms with van der Waals surface area (Å²) in [7, 11) is 0. The monoisotopic (exact) mass is 450 g/mol. The van der Waals surface area contributed by atoms with Crippen LogP contribution in [0.5, 0.6) is 0 Å². The van der Waals surface area contributed by atoms with Crippen LogP contribution in [-0.2, 0) is 0 Å². The number of aryl methyl sites for hydroxylation is 1. The number of anilines is 3. The molecule has 1 aromatic heterocycles. The molecule has 7 nitrogen and oxygen atoms in total. The van der Waals surface area contributed by atoms with Crippen LogP contribution in [0.2, 0.25) is 0 Å². The Balaban J connectivity index is 1.47. The number of aromatic nitrogens is 2. The highest BCUT2D eigenvalue weighted by Gasteiger charge is 2.37. The van der Waals surface area contributed by atoms with Gasteiger partial charge in [0.1, 0.15) is 17.2 Å². The van der Waals surface area contributed by atoms with Gasteiger partial charge in [-0.2, -0.15) is 10.4 Å². The highest BCUT2D eigenvalue weighted by atomic mass is 19.1. The molecule has 33 heavy (non-hydrogen) atoms. The Morgan fingerprint density at radius 3 is 2.64 bits per heavy atom. The summed E-state index contributed by atoms with van der Waals surface area (Å²) in [4.78, 5) is 15.1. The van der Waals surface area contributed by atoms with Crippen LogP contribution >= 0.6 is 0 Å². The molecule has 9 heteroatoms. The number of carbonyl (C=O) groups is 1. The van der Waals surface area contributed by atoms with Crippen LogP contribution in [0, 0.1) is 29.9 Å². The summed E-state index contributed by atoms with van der Waals surface area (Å²) < 4.78 is 27.7. The summed E-state index contributed by atoms with van der Waals surface area (Å²) in [6.07, 6.45) is 2.61. The van der Waals surface area contributed by atoms with Crippen molar-refractivity contribution >= 4 is 23.1 Å². The van der Waals surface area contributed by atoms with Gasteiger partial charge in [0, 0.05) is 25.0 Å². The van der Waals surface area contributed by atoms with Crippen molar-refractivity contribution in [3.05, 3.63) is 71.4 Å². The van der Waals surface area contributed by atoms with Gasteiger partial charge in [-0.1, -0.05) is 12.1 Å². The molecule has 0 radical (unpaired) electrons. The zero-order chi connectivity index (χ0) is 23.4. The van der Waals surface area contributed by atoms with E-state index in [-0.39, 0.29) is 29.5 Å². The van der Waals surface area contributed by atoms with Crippen molar-refractivity contribution in [2.45, 2.75) is 31.7 Å². The van der Waals surface area contributed by atoms with Crippen LogP contribution in [0.25, 0.3) is 0 Å². The average molecular weight is 450 g/mol. The van der Waals surface area contributed by atoms with Crippen molar-refractivity contribution in [1.82, 2.24) is 15.5 Å². The standard InChI is InChI=1S/C24H24F2N6O/c1-16-3-2-4-20(21(16)26)32-13-10-24(9-12-27,11-14-32)30-23(33)19-15-28-31-22(19)29-18-7-5-17(25)6-8-18/h2-8,15H,9-11,13-14H2,1H3,(H,30,33)(H2,28,29,31). The van der Waals surface area contributed by atoms with Gasteiger partial charge in [-0.3, -0.25) is 9.89 Å². The van der Waals surface area contributed by atoms with Crippen LogP contribution in [0.1, 0.15) is 35.2 Å². The van der Waals surface area contributed by atoms with Gasteiger partial charge in [-0.05, 0) is 55.7 Å². The Bertz CT molecular complexity index is 1180. The molecule has 1 aliphatic heterocycles. The molecule has 0 bridgehead atoms. The highest BCUT2D eigenvalue weighted by molar-refractivity contribution is 5.99. The third kappa shape index (κ3) is 4.80. The number of carbonyl (C=O) groups excluding carboxylic acids is 1. The first-order chi connectivity index (χ1) is 15.9. The van der Waals surface area contributed by atoms with E-state index in [4.69, 9.17) is 0 Å². The number of benzene rings is 2. The zero-order valence-corrected chi connectivity index (χ0v) is 18.2. The van der Waals surface area contributed by atoms with E-state index in [1.54, 1.807) is 31.2 Å². The topological polar surface area (TPSA) is 96.8 Å². The Morgan fingerprint density at radius 1 is 1.21 bits per heavy atom. The zero-order valence-electron chi connectivity index (χ0n) is 18.2. The minimum absolute atomic E-state index is 0.140. The lowest BCUT2D eigenvalue weighted by Crippen LogP contribution is -2.55. The fourth-order valence-corrected chi connectivity index (χ4v) is 4.09. The van der Waals surface area contributed by atoms with E-state index in [2.05, 4.69) is 26.9 Å². The smallest absolute Gasteiger partial charge is 0.257 e. The van der Waals surface area contributed by atoms with Crippen molar-refractivity contribution in [1.29, 1.82) is 5.26 Å². The van der Waals surface area contributed by atoms with Gasteiger partial charge >= 0.3 is 0 Å². The highest BCUT2D eigenvalue weighted by Crippen LogP contribution is 2.31. The maximum absolute atomic E-state index is 14.6. The molecule has 3 N–H and O–H groups in total. The molecule has 1 amide bonds. The van der Waals surface area contributed by atoms with Crippen molar-refractivity contribution in [2.75, 3.05) is 23.3 Å². The first-order valence-electron chi connectivity index (χ1n) is 10.7. The molecule has 2 aromatic carbocycles. The quantitative estimate of drug-likeness (QED) is 0.517. The fraction of sp³-hybridized carbons (Fsp3) is 0.292. The molecule has 170 valence electrons. The van der Waals surface area contributed by atoms with Gasteiger partial charge in [-0.25, -0.2) is 8.78 Å². The molecule has 2 heterocycles. The Morgan fingerprint density at radius 2 is 1.94 bits per heavy atom. The summed E-state index contributed by atoms with van der Waals surface area (Å²) >= 11 is 0. The lowest BCUT2D eigenvalue weighted by molar-refractivity contribution is 0.0883. The minimum atomic E-state index is -0.729. The minimum Gasteiger partial charge on any atom is -0.369 e. The van der Waals surface area contributed by atoms with E-state index in [1.807, 2.05) is 11.0 Å². The van der Waals surface area contributed by atoms with Crippen molar-refractivity contribution < 1.29 is 13.6 Å². The Hall–Kier alpha value is -3.93. The second-order valence-electron chi connectivity index (χ2n) is 8.24. The maximum Gasteiger partial charge on any atom is 0.257 e. The van der Waals surface area contributed by atoms with Crippen LogP contribution < -0.4 is 15.5 Å². The second kappa shape index (κ2) is 9.28. The third-order valence-corrected chi connectivity index (χ3v) is 6.02. The number of piperidine rings is 1. The van der Waals surface area contributed by atoms with Crippen molar-refractivity contribution in [3.8, 4) is 6.07 Å². The van der Waals surface area contributed by atoms with Crippen molar-refractivity contribution in [3.63, 3.8) is 0 Å². The van der Waals surface area contributed by atoms with Gasteiger partial charge in [-0.15, -0.1) is 0 Å². The fourth-order valence-electron chi connectivity index (χ4n) is 4.09. The summed E-state index contributed by atoms with van der Waals surface area (Å²) in [5.74, 6) is -0.690. The largest absolute Gasteiger partial charge is 0.369 e. The van der Waals surface area contributed by atoms with Crippen LogP contribution in [0.3, 0.4) is 0 Å². The molecular weight excluding hydrogens is 426 g/mol. The summed E-state index contributed by atoms with van der Waals surface area (Å²) in [5, 5.41) is 22.2. The average Bonchev–Trinajstić information content (AvgIpc) is 3.26. The SMILES string of the molecule is Cc1cccc(N2CCC(CC#N)(NC(=O)c3c[nH]nc3Nc3ccc(F)cc3)CC2)c1F. The third-order valence-electron chi connectivity index (χ3n) is 6.02. The first kappa shape index (κ1) is 22.3. The molecule has 0 aliphatic carbocycles. The van der Waals surface area contributed by atoms with E-state index in [9.17, 15) is 18.8 Å². The molecule has 0 unspecified atom stereocenters. The molecule has 1 fully saturated rings. The normalized spacial score (nSPS) is 15.0. The molecule has 1 saturated heterocycles. The lowest BCUT2D eigenvalue weighted by atomic mass is 9.84. The van der Waals surface area contributed by atoms with Gasteiger partial charge in [0.2, 0.25) is 0 Å². The number of nitrogens with zero attached hydrogens (tertiary/aromatic N) is 3. The van der Waals surface area contributed by atoms with Gasteiger partial charge in [0.05, 0.1) is 23.7 Å². The summed E-state index contributed by atoms with van der Waals surface area (Å²) in [5.41, 5.74) is 1.25. The molecular formula is C24H24F2N6O. The van der Waals surface area contributed by atoms with E-state index >= 15 is 0 Å². The van der Waals surface area contributed by atoms with Gasteiger partial charge < -0.3 is 15.5 Å². The van der Waals surface area contributed by atoms with Gasteiger partial charge in [0.15, 0.2) is 5.82 Å². The van der Waals surface area contributed by atoms with Crippen molar-refractivity contribution in [2.24, 2.45) is 0 Å². The number of hydrogen-bond donors (Lipinski definition) is 3.